The topological polar surface area (TPSA) is 111 Å². The van der Waals surface area contributed by atoms with Gasteiger partial charge >= 0.3 is 11.9 Å². The van der Waals surface area contributed by atoms with Gasteiger partial charge < -0.3 is 27.9 Å². The summed E-state index contributed by atoms with van der Waals surface area (Å²) in [5, 5.41) is 0. The summed E-state index contributed by atoms with van der Waals surface area (Å²) in [7, 11) is 1.17. The van der Waals surface area contributed by atoms with Crippen LogP contribution in [0.4, 0.5) is 0 Å². The predicted molar refractivity (Wildman–Crippen MR) is 305 cm³/mol. The van der Waals surface area contributed by atoms with Gasteiger partial charge in [0.1, 0.15) is 19.8 Å². The van der Waals surface area contributed by atoms with Gasteiger partial charge in [-0.05, 0) is 70.6 Å². The zero-order valence-corrected chi connectivity index (χ0v) is 48.0. The Bertz CT molecular complexity index is 1490. The molecule has 0 aromatic rings. The highest BCUT2D eigenvalue weighted by atomic mass is 31.2. The molecular formula is C62H110NO8P. The molecule has 10 heteroatoms. The van der Waals surface area contributed by atoms with E-state index in [0.29, 0.717) is 17.4 Å². The summed E-state index contributed by atoms with van der Waals surface area (Å²) in [5.41, 5.74) is 0. The van der Waals surface area contributed by atoms with Crippen molar-refractivity contribution in [2.75, 3.05) is 47.5 Å². The highest BCUT2D eigenvalue weighted by Gasteiger charge is 2.22. The number of unbranched alkanes of at least 4 members (excludes halogenated alkanes) is 25. The first kappa shape index (κ1) is 69.2. The second kappa shape index (κ2) is 53.0. The molecule has 0 aliphatic heterocycles. The molecule has 0 bridgehead atoms. The molecule has 9 nitrogen and oxygen atoms in total. The Morgan fingerprint density at radius 1 is 0.444 bits per heavy atom. The Kier molecular flexibility index (Phi) is 51.0. The molecule has 0 saturated carbocycles. The summed E-state index contributed by atoms with van der Waals surface area (Å²) in [6, 6.07) is 0. The van der Waals surface area contributed by atoms with Gasteiger partial charge in [0.25, 0.3) is 7.82 Å². The third-order valence-electron chi connectivity index (χ3n) is 12.4. The molecule has 0 aliphatic carbocycles. The van der Waals surface area contributed by atoms with Gasteiger partial charge in [0, 0.05) is 12.8 Å². The second-order valence-electron chi connectivity index (χ2n) is 20.6. The summed E-state index contributed by atoms with van der Waals surface area (Å²) in [6.45, 7) is 4.12. The van der Waals surface area contributed by atoms with E-state index >= 15 is 0 Å². The van der Waals surface area contributed by atoms with E-state index in [1.54, 1.807) is 0 Å². The number of carbonyl (C=O) groups is 2. The average molecular weight is 1030 g/mol. The number of quaternary nitrogens is 1. The number of hydrogen-bond acceptors (Lipinski definition) is 8. The van der Waals surface area contributed by atoms with Crippen LogP contribution in [-0.2, 0) is 32.7 Å². The molecule has 0 aliphatic rings. The van der Waals surface area contributed by atoms with Gasteiger partial charge in [-0.1, -0.05) is 247 Å². The smallest absolute Gasteiger partial charge is 0.306 e. The number of nitrogens with zero attached hydrogens (tertiary/aromatic N) is 1. The van der Waals surface area contributed by atoms with Crippen LogP contribution in [0, 0.1) is 0 Å². The van der Waals surface area contributed by atoms with Crippen molar-refractivity contribution in [1.29, 1.82) is 0 Å². The summed E-state index contributed by atoms with van der Waals surface area (Å²) >= 11 is 0. The van der Waals surface area contributed by atoms with Crippen LogP contribution >= 0.6 is 7.82 Å². The van der Waals surface area contributed by atoms with Gasteiger partial charge in [-0.2, -0.15) is 0 Å². The molecule has 2 unspecified atom stereocenters. The van der Waals surface area contributed by atoms with E-state index < -0.39 is 26.5 Å². The van der Waals surface area contributed by atoms with Crippen molar-refractivity contribution in [1.82, 2.24) is 0 Å². The van der Waals surface area contributed by atoms with Gasteiger partial charge in [0.2, 0.25) is 0 Å². The standard InChI is InChI=1S/C62H110NO8P/c1-6-8-10-12-14-16-18-19-20-21-22-23-24-25-26-27-28-29-30-31-32-33-34-35-36-37-38-39-40-41-42-43-45-47-49-51-53-55-62(65)71-60(59-70-72(66,67)69-57-56-63(3,4)5)58-68-61(64)54-52-50-48-46-44-17-15-13-11-9-7-2/h8,10,14,16,19-20,22-23,25-26,28-29,31-32,60H,6-7,9,11-13,15,17-18,21,24,27,30,33-59H2,1-5H3/b10-8-,16-14-,20-19-,23-22-,26-25-,29-28-,32-31-. The third kappa shape index (κ3) is 56.5. The quantitative estimate of drug-likeness (QED) is 0.0195. The fourth-order valence-corrected chi connectivity index (χ4v) is 8.66. The second-order valence-corrected chi connectivity index (χ2v) is 22.0. The summed E-state index contributed by atoms with van der Waals surface area (Å²) in [6.07, 6.45) is 70.8. The number of esters is 2. The minimum absolute atomic E-state index is 0.0314. The molecule has 416 valence electrons. The molecule has 2 atom stereocenters. The van der Waals surface area contributed by atoms with E-state index in [-0.39, 0.29) is 32.0 Å². The number of ether oxygens (including phenoxy) is 2. The van der Waals surface area contributed by atoms with E-state index in [9.17, 15) is 19.0 Å². The summed E-state index contributed by atoms with van der Waals surface area (Å²) in [5.74, 6) is -0.830. The Hall–Kier alpha value is -2.81. The van der Waals surface area contributed by atoms with Gasteiger partial charge in [-0.15, -0.1) is 0 Å². The van der Waals surface area contributed by atoms with E-state index in [1.165, 1.54) is 128 Å². The van der Waals surface area contributed by atoms with Gasteiger partial charge in [0.15, 0.2) is 6.10 Å². The number of likely N-dealkylation sites (N-methyl/N-ethyl adjacent to an activating group) is 1. The molecule has 72 heavy (non-hydrogen) atoms. The van der Waals surface area contributed by atoms with Crippen LogP contribution in [0.5, 0.6) is 0 Å². The Morgan fingerprint density at radius 2 is 0.792 bits per heavy atom. The predicted octanol–water partition coefficient (Wildman–Crippen LogP) is 17.6. The number of phosphoric acid groups is 1. The molecule has 0 rings (SSSR count). The van der Waals surface area contributed by atoms with Crippen molar-refractivity contribution in [3.63, 3.8) is 0 Å². The maximum Gasteiger partial charge on any atom is 0.306 e. The Labute approximate surface area is 443 Å². The molecule has 0 aromatic heterocycles. The van der Waals surface area contributed by atoms with E-state index in [0.717, 1.165) is 83.5 Å². The molecule has 0 amide bonds. The molecule has 0 aromatic carbocycles. The van der Waals surface area contributed by atoms with Crippen molar-refractivity contribution >= 4 is 19.8 Å². The number of carbonyl (C=O) groups excluding carboxylic acids is 2. The molecule has 0 N–H and O–H groups in total. The first-order valence-corrected chi connectivity index (χ1v) is 30.8. The van der Waals surface area contributed by atoms with Crippen LogP contribution in [-0.4, -0.2) is 70.0 Å². The van der Waals surface area contributed by atoms with E-state index in [2.05, 4.69) is 98.9 Å². The lowest BCUT2D eigenvalue weighted by molar-refractivity contribution is -0.870. The highest BCUT2D eigenvalue weighted by Crippen LogP contribution is 2.38. The summed E-state index contributed by atoms with van der Waals surface area (Å²) < 4.78 is 34.1. The highest BCUT2D eigenvalue weighted by molar-refractivity contribution is 7.45. The molecular weight excluding hydrogens is 918 g/mol. The van der Waals surface area contributed by atoms with Crippen LogP contribution in [0.25, 0.3) is 0 Å². The van der Waals surface area contributed by atoms with Gasteiger partial charge in [-0.25, -0.2) is 0 Å². The zero-order valence-electron chi connectivity index (χ0n) is 47.1. The van der Waals surface area contributed by atoms with E-state index in [4.69, 9.17) is 18.5 Å². The molecule has 0 spiro atoms. The van der Waals surface area contributed by atoms with Crippen LogP contribution in [0.15, 0.2) is 85.1 Å². The van der Waals surface area contributed by atoms with Gasteiger partial charge in [0.05, 0.1) is 27.7 Å². The average Bonchev–Trinajstić information content (AvgIpc) is 3.34. The SMILES string of the molecule is CC/C=C\C/C=C\C/C=C\C/C=C\C/C=C\C/C=C\C/C=C\CCCCCCCCCCCCCCCCCC(=O)OC(COC(=O)CCCCCCCCCCCCC)COP(=O)([O-])OCC[N+](C)(C)C. The van der Waals surface area contributed by atoms with Crippen LogP contribution in [0.3, 0.4) is 0 Å². The maximum absolute atomic E-state index is 12.8. The minimum atomic E-state index is -4.63. The zero-order chi connectivity index (χ0) is 52.7. The van der Waals surface area contributed by atoms with Crippen LogP contribution in [0.2, 0.25) is 0 Å². The fraction of sp³-hybridized carbons (Fsp3) is 0.742. The van der Waals surface area contributed by atoms with Crippen molar-refractivity contribution in [3.05, 3.63) is 85.1 Å². The van der Waals surface area contributed by atoms with Crippen molar-refractivity contribution in [2.24, 2.45) is 0 Å². The van der Waals surface area contributed by atoms with Crippen molar-refractivity contribution in [2.45, 2.75) is 251 Å². The molecule has 0 radical (unpaired) electrons. The minimum Gasteiger partial charge on any atom is -0.756 e. The van der Waals surface area contributed by atoms with Crippen LogP contribution in [0.1, 0.15) is 245 Å². The first-order chi connectivity index (χ1) is 35.0. The molecule has 0 heterocycles. The maximum atomic E-state index is 12.8. The Morgan fingerprint density at radius 3 is 1.18 bits per heavy atom. The van der Waals surface area contributed by atoms with Crippen LogP contribution < -0.4 is 4.89 Å². The normalized spacial score (nSPS) is 13.9. The molecule has 0 saturated heterocycles. The first-order valence-electron chi connectivity index (χ1n) is 29.3. The summed E-state index contributed by atoms with van der Waals surface area (Å²) in [4.78, 5) is 37.7. The number of phosphoric ester groups is 1. The van der Waals surface area contributed by atoms with Crippen molar-refractivity contribution < 1.29 is 42.1 Å². The lowest BCUT2D eigenvalue weighted by Crippen LogP contribution is -2.37. The van der Waals surface area contributed by atoms with Gasteiger partial charge in [-0.3, -0.25) is 14.2 Å². The monoisotopic (exact) mass is 1030 g/mol. The lowest BCUT2D eigenvalue weighted by atomic mass is 10.0. The largest absolute Gasteiger partial charge is 0.756 e. The fourth-order valence-electron chi connectivity index (χ4n) is 7.93. The lowest BCUT2D eigenvalue weighted by Gasteiger charge is -2.28. The van der Waals surface area contributed by atoms with E-state index in [1.807, 2.05) is 21.1 Å². The molecule has 0 fully saturated rings. The Balaban J connectivity index is 3.99. The number of allylic oxidation sites excluding steroid dienone is 14. The third-order valence-corrected chi connectivity index (χ3v) is 13.4. The number of rotatable bonds is 53. The van der Waals surface area contributed by atoms with Crippen molar-refractivity contribution in [3.8, 4) is 0 Å². The number of hydrogen-bond donors (Lipinski definition) is 0.